The largest absolute Gasteiger partial charge is 0.477 e. The SMILES string of the molecule is CCC(=C(C#N)C(=O)O)c1ccc(C#N)cc1. The molecule has 0 saturated heterocycles. The van der Waals surface area contributed by atoms with Gasteiger partial charge in [0.15, 0.2) is 0 Å². The number of carboxylic acid groups (broad SMARTS) is 1. The van der Waals surface area contributed by atoms with Crippen molar-refractivity contribution in [3.8, 4) is 12.1 Å². The Bertz CT molecular complexity index is 542. The first-order chi connectivity index (χ1) is 8.13. The lowest BCUT2D eigenvalue weighted by molar-refractivity contribution is -0.132. The third-order valence-electron chi connectivity index (χ3n) is 2.34. The predicted octanol–water partition coefficient (Wildman–Crippen LogP) is 2.33. The summed E-state index contributed by atoms with van der Waals surface area (Å²) in [4.78, 5) is 10.9. The fourth-order valence-electron chi connectivity index (χ4n) is 1.52. The summed E-state index contributed by atoms with van der Waals surface area (Å²) in [6.45, 7) is 1.79. The number of hydrogen-bond acceptors (Lipinski definition) is 3. The maximum Gasteiger partial charge on any atom is 0.346 e. The summed E-state index contributed by atoms with van der Waals surface area (Å²) >= 11 is 0. The van der Waals surface area contributed by atoms with Crippen LogP contribution in [0.15, 0.2) is 29.8 Å². The van der Waals surface area contributed by atoms with E-state index in [0.717, 1.165) is 0 Å². The molecule has 4 nitrogen and oxygen atoms in total. The number of allylic oxidation sites excluding steroid dienone is 1. The molecule has 17 heavy (non-hydrogen) atoms. The standard InChI is InChI=1S/C13H10N2O2/c1-2-11(12(8-15)13(16)17)10-5-3-9(7-14)4-6-10/h3-6H,2H2,1H3,(H,16,17). The van der Waals surface area contributed by atoms with E-state index in [-0.39, 0.29) is 5.57 Å². The molecule has 0 amide bonds. The Labute approximate surface area is 99.0 Å². The molecule has 0 aromatic heterocycles. The molecular formula is C13H10N2O2. The minimum atomic E-state index is -1.23. The van der Waals surface area contributed by atoms with Crippen molar-refractivity contribution < 1.29 is 9.90 Å². The van der Waals surface area contributed by atoms with Crippen LogP contribution >= 0.6 is 0 Å². The number of hydrogen-bond donors (Lipinski definition) is 1. The molecule has 0 aliphatic carbocycles. The first kappa shape index (κ1) is 12.5. The van der Waals surface area contributed by atoms with E-state index in [1.807, 2.05) is 6.07 Å². The van der Waals surface area contributed by atoms with E-state index >= 15 is 0 Å². The zero-order valence-corrected chi connectivity index (χ0v) is 9.27. The van der Waals surface area contributed by atoms with Crippen LogP contribution in [0.5, 0.6) is 0 Å². The highest BCUT2D eigenvalue weighted by atomic mass is 16.4. The number of aliphatic carboxylic acids is 1. The molecule has 0 heterocycles. The molecule has 1 aromatic carbocycles. The first-order valence-corrected chi connectivity index (χ1v) is 5.01. The number of carbonyl (C=O) groups is 1. The van der Waals surface area contributed by atoms with Gasteiger partial charge in [-0.15, -0.1) is 0 Å². The van der Waals surface area contributed by atoms with Gasteiger partial charge in [0, 0.05) is 0 Å². The van der Waals surface area contributed by atoms with Crippen molar-refractivity contribution in [1.82, 2.24) is 0 Å². The Morgan fingerprint density at radius 1 is 1.29 bits per heavy atom. The minimum Gasteiger partial charge on any atom is -0.477 e. The average molecular weight is 226 g/mol. The highest BCUT2D eigenvalue weighted by Gasteiger charge is 2.14. The Kier molecular flexibility index (Phi) is 4.02. The van der Waals surface area contributed by atoms with E-state index in [4.69, 9.17) is 15.6 Å². The maximum absolute atomic E-state index is 10.9. The average Bonchev–Trinajstić information content (AvgIpc) is 2.35. The van der Waals surface area contributed by atoms with Gasteiger partial charge < -0.3 is 5.11 Å². The van der Waals surface area contributed by atoms with Crippen molar-refractivity contribution in [3.05, 3.63) is 41.0 Å². The Balaban J connectivity index is 3.32. The Morgan fingerprint density at radius 3 is 2.24 bits per heavy atom. The molecule has 0 fully saturated rings. The van der Waals surface area contributed by atoms with Gasteiger partial charge in [-0.05, 0) is 29.7 Å². The topological polar surface area (TPSA) is 84.9 Å². The Morgan fingerprint density at radius 2 is 1.88 bits per heavy atom. The summed E-state index contributed by atoms with van der Waals surface area (Å²) in [6.07, 6.45) is 0.446. The van der Waals surface area contributed by atoms with Gasteiger partial charge in [-0.1, -0.05) is 19.1 Å². The molecule has 1 rings (SSSR count). The third-order valence-corrected chi connectivity index (χ3v) is 2.34. The molecule has 0 radical (unpaired) electrons. The molecule has 0 unspecified atom stereocenters. The molecule has 0 atom stereocenters. The van der Waals surface area contributed by atoms with E-state index in [1.54, 1.807) is 37.3 Å². The summed E-state index contributed by atoms with van der Waals surface area (Å²) < 4.78 is 0. The number of nitriles is 2. The molecule has 1 aromatic rings. The van der Waals surface area contributed by atoms with Gasteiger partial charge in [0.25, 0.3) is 0 Å². The number of nitrogens with zero attached hydrogens (tertiary/aromatic N) is 2. The molecule has 0 aliphatic rings. The second-order valence-electron chi connectivity index (χ2n) is 3.31. The number of benzene rings is 1. The van der Waals surface area contributed by atoms with Crippen LogP contribution in [0.3, 0.4) is 0 Å². The lowest BCUT2D eigenvalue weighted by Gasteiger charge is -2.06. The smallest absolute Gasteiger partial charge is 0.346 e. The van der Waals surface area contributed by atoms with Gasteiger partial charge >= 0.3 is 5.97 Å². The maximum atomic E-state index is 10.9. The van der Waals surface area contributed by atoms with Gasteiger partial charge in [0.2, 0.25) is 0 Å². The monoisotopic (exact) mass is 226 g/mol. The number of carboxylic acids is 1. The highest BCUT2D eigenvalue weighted by molar-refractivity contribution is 6.00. The summed E-state index contributed by atoms with van der Waals surface area (Å²) in [5.41, 5.74) is 1.38. The highest BCUT2D eigenvalue weighted by Crippen LogP contribution is 2.22. The molecule has 0 bridgehead atoms. The van der Waals surface area contributed by atoms with E-state index in [9.17, 15) is 4.79 Å². The molecule has 1 N–H and O–H groups in total. The Hall–Kier alpha value is -2.59. The van der Waals surface area contributed by atoms with Crippen molar-refractivity contribution >= 4 is 11.5 Å². The van der Waals surface area contributed by atoms with Crippen molar-refractivity contribution in [2.24, 2.45) is 0 Å². The second-order valence-corrected chi connectivity index (χ2v) is 3.31. The van der Waals surface area contributed by atoms with Crippen molar-refractivity contribution in [2.45, 2.75) is 13.3 Å². The lowest BCUT2D eigenvalue weighted by Crippen LogP contribution is -2.02. The normalized spacial score (nSPS) is 11.0. The second kappa shape index (κ2) is 5.48. The van der Waals surface area contributed by atoms with Gasteiger partial charge in [-0.25, -0.2) is 4.79 Å². The van der Waals surface area contributed by atoms with Crippen LogP contribution in [0.4, 0.5) is 0 Å². The van der Waals surface area contributed by atoms with Crippen LogP contribution in [0, 0.1) is 22.7 Å². The van der Waals surface area contributed by atoms with Crippen molar-refractivity contribution in [2.75, 3.05) is 0 Å². The van der Waals surface area contributed by atoms with Gasteiger partial charge in [0.1, 0.15) is 11.6 Å². The van der Waals surface area contributed by atoms with E-state index in [0.29, 0.717) is 23.1 Å². The van der Waals surface area contributed by atoms with Crippen molar-refractivity contribution in [3.63, 3.8) is 0 Å². The molecule has 4 heteroatoms. The zero-order valence-electron chi connectivity index (χ0n) is 9.27. The third kappa shape index (κ3) is 2.70. The predicted molar refractivity (Wildman–Crippen MR) is 61.6 cm³/mol. The lowest BCUT2D eigenvalue weighted by atomic mass is 9.97. The van der Waals surface area contributed by atoms with Crippen LogP contribution in [0.2, 0.25) is 0 Å². The summed E-state index contributed by atoms with van der Waals surface area (Å²) in [5, 5.41) is 26.4. The molecule has 0 saturated carbocycles. The summed E-state index contributed by atoms with van der Waals surface area (Å²) in [7, 11) is 0. The molecular weight excluding hydrogens is 216 g/mol. The van der Waals surface area contributed by atoms with Crippen molar-refractivity contribution in [1.29, 1.82) is 10.5 Å². The minimum absolute atomic E-state index is 0.253. The molecule has 0 spiro atoms. The summed E-state index contributed by atoms with van der Waals surface area (Å²) in [6, 6.07) is 10.2. The number of rotatable bonds is 3. The first-order valence-electron chi connectivity index (χ1n) is 5.01. The van der Waals surface area contributed by atoms with Gasteiger partial charge in [-0.3, -0.25) is 0 Å². The van der Waals surface area contributed by atoms with E-state index in [2.05, 4.69) is 0 Å². The quantitative estimate of drug-likeness (QED) is 0.633. The summed E-state index contributed by atoms with van der Waals surface area (Å²) in [5.74, 6) is -1.23. The molecule has 84 valence electrons. The fourth-order valence-corrected chi connectivity index (χ4v) is 1.52. The van der Waals surface area contributed by atoms with Crippen LogP contribution < -0.4 is 0 Å². The van der Waals surface area contributed by atoms with Crippen LogP contribution in [-0.4, -0.2) is 11.1 Å². The van der Waals surface area contributed by atoms with Gasteiger partial charge in [-0.2, -0.15) is 10.5 Å². The molecule has 0 aliphatic heterocycles. The van der Waals surface area contributed by atoms with E-state index < -0.39 is 5.97 Å². The van der Waals surface area contributed by atoms with Crippen LogP contribution in [0.1, 0.15) is 24.5 Å². The zero-order chi connectivity index (χ0) is 12.8. The van der Waals surface area contributed by atoms with E-state index in [1.165, 1.54) is 0 Å². The van der Waals surface area contributed by atoms with Crippen LogP contribution in [0.25, 0.3) is 5.57 Å². The fraction of sp³-hybridized carbons (Fsp3) is 0.154. The van der Waals surface area contributed by atoms with Gasteiger partial charge in [0.05, 0.1) is 11.6 Å². The van der Waals surface area contributed by atoms with Crippen LogP contribution in [-0.2, 0) is 4.79 Å².